The van der Waals surface area contributed by atoms with E-state index >= 15 is 0 Å². The Bertz CT molecular complexity index is 668. The Balaban J connectivity index is 1.68. The fourth-order valence-electron chi connectivity index (χ4n) is 2.14. The summed E-state index contributed by atoms with van der Waals surface area (Å²) < 4.78 is 5.55. The van der Waals surface area contributed by atoms with Crippen LogP contribution >= 0.6 is 0 Å². The number of ether oxygens (including phenoxy) is 1. The molecule has 0 fully saturated rings. The first-order valence-corrected chi connectivity index (χ1v) is 6.74. The number of hydrogen-bond acceptors (Lipinski definition) is 3. The number of para-hydroxylation sites is 2. The summed E-state index contributed by atoms with van der Waals surface area (Å²) in [5.74, 6) is 0.799. The highest BCUT2D eigenvalue weighted by atomic mass is 16.5. The number of amides is 2. The van der Waals surface area contributed by atoms with Gasteiger partial charge in [0, 0.05) is 17.7 Å². The molecule has 1 heterocycles. The summed E-state index contributed by atoms with van der Waals surface area (Å²) in [5.41, 5.74) is 4.99. The Kier molecular flexibility index (Phi) is 3.82. The fourth-order valence-corrected chi connectivity index (χ4v) is 2.14. The molecule has 2 aromatic rings. The first-order chi connectivity index (χ1) is 10.3. The monoisotopic (exact) mass is 281 g/mol. The largest absolute Gasteiger partial charge is 0.492 e. The standard InChI is InChI=1S/C16H15N3O2/c20-16(17-12-6-2-1-3-7-12)19-18-14-10-11-21-15-9-5-4-8-13(14)15/h1-9H,10-11H2,(H2,17,19,20)/b18-14+. The first kappa shape index (κ1) is 13.2. The van der Waals surface area contributed by atoms with Crippen LogP contribution in [0.3, 0.4) is 0 Å². The summed E-state index contributed by atoms with van der Waals surface area (Å²) >= 11 is 0. The number of fused-ring (bicyclic) bond motifs is 1. The van der Waals surface area contributed by atoms with Crippen LogP contribution in [0.2, 0.25) is 0 Å². The lowest BCUT2D eigenvalue weighted by Crippen LogP contribution is -2.27. The number of nitrogens with one attached hydrogen (secondary N) is 2. The van der Waals surface area contributed by atoms with Crippen molar-refractivity contribution in [3.8, 4) is 5.75 Å². The zero-order valence-corrected chi connectivity index (χ0v) is 11.4. The van der Waals surface area contributed by atoms with E-state index in [9.17, 15) is 4.79 Å². The molecule has 1 aliphatic rings. The molecular weight excluding hydrogens is 266 g/mol. The third-order valence-electron chi connectivity index (χ3n) is 3.12. The van der Waals surface area contributed by atoms with E-state index in [0.29, 0.717) is 13.0 Å². The smallest absolute Gasteiger partial charge is 0.339 e. The van der Waals surface area contributed by atoms with Gasteiger partial charge >= 0.3 is 6.03 Å². The number of hydrazone groups is 1. The van der Waals surface area contributed by atoms with Crippen molar-refractivity contribution in [1.82, 2.24) is 5.43 Å². The SMILES string of the molecule is O=C(N/N=C1\CCOc2ccccc21)Nc1ccccc1. The van der Waals surface area contributed by atoms with Crippen LogP contribution < -0.4 is 15.5 Å². The molecule has 106 valence electrons. The van der Waals surface area contributed by atoms with Crippen LogP contribution in [0.5, 0.6) is 5.75 Å². The van der Waals surface area contributed by atoms with Crippen LogP contribution in [0, 0.1) is 0 Å². The van der Waals surface area contributed by atoms with E-state index in [4.69, 9.17) is 4.74 Å². The Morgan fingerprint density at radius 3 is 2.67 bits per heavy atom. The lowest BCUT2D eigenvalue weighted by atomic mass is 10.0. The summed E-state index contributed by atoms with van der Waals surface area (Å²) in [6.45, 7) is 0.567. The quantitative estimate of drug-likeness (QED) is 0.831. The van der Waals surface area contributed by atoms with Gasteiger partial charge in [-0.3, -0.25) is 0 Å². The minimum Gasteiger partial charge on any atom is -0.492 e. The number of hydrogen-bond donors (Lipinski definition) is 2. The van der Waals surface area contributed by atoms with Crippen LogP contribution in [0.4, 0.5) is 10.5 Å². The third kappa shape index (κ3) is 3.20. The van der Waals surface area contributed by atoms with E-state index in [1.807, 2.05) is 54.6 Å². The molecule has 0 saturated heterocycles. The van der Waals surface area contributed by atoms with Gasteiger partial charge in [0.2, 0.25) is 0 Å². The van der Waals surface area contributed by atoms with Gasteiger partial charge < -0.3 is 10.1 Å². The summed E-state index contributed by atoms with van der Waals surface area (Å²) in [4.78, 5) is 11.8. The molecule has 0 bridgehead atoms. The molecule has 5 nitrogen and oxygen atoms in total. The maximum absolute atomic E-state index is 11.8. The molecule has 3 rings (SSSR count). The molecule has 5 heteroatoms. The predicted molar refractivity (Wildman–Crippen MR) is 81.7 cm³/mol. The van der Waals surface area contributed by atoms with Gasteiger partial charge in [0.25, 0.3) is 0 Å². The average Bonchev–Trinajstić information content (AvgIpc) is 2.54. The van der Waals surface area contributed by atoms with Crippen molar-refractivity contribution in [2.24, 2.45) is 5.10 Å². The molecule has 0 saturated carbocycles. The van der Waals surface area contributed by atoms with Crippen molar-refractivity contribution in [3.63, 3.8) is 0 Å². The lowest BCUT2D eigenvalue weighted by Gasteiger charge is -2.18. The van der Waals surface area contributed by atoms with Gasteiger partial charge in [0.05, 0.1) is 12.3 Å². The number of anilines is 1. The van der Waals surface area contributed by atoms with E-state index in [-0.39, 0.29) is 6.03 Å². The summed E-state index contributed by atoms with van der Waals surface area (Å²) in [5, 5.41) is 6.91. The van der Waals surface area contributed by atoms with Gasteiger partial charge in [0.1, 0.15) is 5.75 Å². The van der Waals surface area contributed by atoms with E-state index in [1.165, 1.54) is 0 Å². The Morgan fingerprint density at radius 2 is 1.81 bits per heavy atom. The number of rotatable bonds is 2. The molecule has 21 heavy (non-hydrogen) atoms. The minimum absolute atomic E-state index is 0.363. The van der Waals surface area contributed by atoms with E-state index < -0.39 is 0 Å². The highest BCUT2D eigenvalue weighted by Crippen LogP contribution is 2.24. The summed E-state index contributed by atoms with van der Waals surface area (Å²) in [6.07, 6.45) is 0.669. The Labute approximate surface area is 122 Å². The number of benzene rings is 2. The molecule has 0 atom stereocenters. The van der Waals surface area contributed by atoms with E-state index in [1.54, 1.807) is 0 Å². The van der Waals surface area contributed by atoms with Gasteiger partial charge in [-0.15, -0.1) is 0 Å². The van der Waals surface area contributed by atoms with Crippen LogP contribution in [-0.2, 0) is 0 Å². The molecular formula is C16H15N3O2. The molecule has 2 aromatic carbocycles. The molecule has 2 amide bonds. The molecule has 0 unspecified atom stereocenters. The maximum atomic E-state index is 11.8. The lowest BCUT2D eigenvalue weighted by molar-refractivity contribution is 0.252. The molecule has 0 aromatic heterocycles. The van der Waals surface area contributed by atoms with Gasteiger partial charge in [-0.1, -0.05) is 30.3 Å². The predicted octanol–water partition coefficient (Wildman–Crippen LogP) is 2.99. The second kappa shape index (κ2) is 6.09. The topological polar surface area (TPSA) is 62.7 Å². The second-order valence-electron chi connectivity index (χ2n) is 4.59. The molecule has 0 spiro atoms. The third-order valence-corrected chi connectivity index (χ3v) is 3.12. The molecule has 2 N–H and O–H groups in total. The van der Waals surface area contributed by atoms with Crippen molar-refractivity contribution in [2.45, 2.75) is 6.42 Å². The van der Waals surface area contributed by atoms with Crippen LogP contribution in [0.1, 0.15) is 12.0 Å². The number of urea groups is 1. The van der Waals surface area contributed by atoms with Gasteiger partial charge in [0.15, 0.2) is 0 Å². The number of nitrogens with zero attached hydrogens (tertiary/aromatic N) is 1. The Hall–Kier alpha value is -2.82. The zero-order valence-electron chi connectivity index (χ0n) is 11.4. The van der Waals surface area contributed by atoms with Crippen molar-refractivity contribution in [1.29, 1.82) is 0 Å². The van der Waals surface area contributed by atoms with Crippen molar-refractivity contribution >= 4 is 17.4 Å². The molecule has 0 radical (unpaired) electrons. The normalized spacial score (nSPS) is 15.0. The molecule has 0 aliphatic carbocycles. The van der Waals surface area contributed by atoms with Gasteiger partial charge in [-0.05, 0) is 24.3 Å². The van der Waals surface area contributed by atoms with Gasteiger partial charge in [-0.25, -0.2) is 10.2 Å². The Morgan fingerprint density at radius 1 is 1.05 bits per heavy atom. The van der Waals surface area contributed by atoms with Crippen LogP contribution in [0.15, 0.2) is 59.7 Å². The van der Waals surface area contributed by atoms with Crippen molar-refractivity contribution < 1.29 is 9.53 Å². The number of carbonyl (C=O) groups is 1. The van der Waals surface area contributed by atoms with Crippen LogP contribution in [-0.4, -0.2) is 18.3 Å². The van der Waals surface area contributed by atoms with Crippen LogP contribution in [0.25, 0.3) is 0 Å². The number of carbonyl (C=O) groups excluding carboxylic acids is 1. The molecule has 1 aliphatic heterocycles. The van der Waals surface area contributed by atoms with Crippen molar-refractivity contribution in [2.75, 3.05) is 11.9 Å². The highest BCUT2D eigenvalue weighted by Gasteiger charge is 2.16. The minimum atomic E-state index is -0.363. The van der Waals surface area contributed by atoms with E-state index in [2.05, 4.69) is 15.8 Å². The summed E-state index contributed by atoms with van der Waals surface area (Å²) in [7, 11) is 0. The maximum Gasteiger partial charge on any atom is 0.339 e. The fraction of sp³-hybridized carbons (Fsp3) is 0.125. The summed E-state index contributed by atoms with van der Waals surface area (Å²) in [6, 6.07) is 16.5. The average molecular weight is 281 g/mol. The van der Waals surface area contributed by atoms with Crippen molar-refractivity contribution in [3.05, 3.63) is 60.2 Å². The second-order valence-corrected chi connectivity index (χ2v) is 4.59. The van der Waals surface area contributed by atoms with Gasteiger partial charge in [-0.2, -0.15) is 5.10 Å². The first-order valence-electron chi connectivity index (χ1n) is 6.74. The highest BCUT2D eigenvalue weighted by molar-refractivity contribution is 6.04. The van der Waals surface area contributed by atoms with E-state index in [0.717, 1.165) is 22.7 Å². The zero-order chi connectivity index (χ0) is 14.5.